The Morgan fingerprint density at radius 1 is 1.28 bits per heavy atom. The van der Waals surface area contributed by atoms with Crippen LogP contribution in [0.2, 0.25) is 0 Å². The Labute approximate surface area is 147 Å². The maximum Gasteiger partial charge on any atom is 0.411 e. The van der Waals surface area contributed by atoms with Gasteiger partial charge in [-0.3, -0.25) is 10.2 Å². The van der Waals surface area contributed by atoms with Crippen LogP contribution in [0.25, 0.3) is 0 Å². The first-order valence-electron chi connectivity index (χ1n) is 8.70. The Bertz CT molecular complexity index is 552. The van der Waals surface area contributed by atoms with Crippen molar-refractivity contribution in [2.24, 2.45) is 0 Å². The molecule has 1 fully saturated rings. The summed E-state index contributed by atoms with van der Waals surface area (Å²) in [4.78, 5) is 25.6. The molecule has 2 N–H and O–H groups in total. The molecule has 0 spiro atoms. The largest absolute Gasteiger partial charge is 0.450 e. The van der Waals surface area contributed by atoms with Crippen LogP contribution >= 0.6 is 0 Å². The average Bonchev–Trinajstić information content (AvgIpc) is 2.62. The summed E-state index contributed by atoms with van der Waals surface area (Å²) in [5.41, 5.74) is 0.872. The lowest BCUT2D eigenvalue weighted by atomic mass is 10.1. The number of carbonyl (C=O) groups is 2. The molecule has 1 heterocycles. The van der Waals surface area contributed by atoms with Gasteiger partial charge >= 0.3 is 12.2 Å². The number of benzene rings is 1. The monoisotopic (exact) mass is 350 g/mol. The highest BCUT2D eigenvalue weighted by molar-refractivity contribution is 5.71. The standard InChI is InChI=1S/C18H26N2O5/c1-2-3-12-24-17(22)19-16-15(21)10-7-11-20(16)18(23)25-13-14-8-5-4-6-9-14/h4-6,8-9,15-16,21H,2-3,7,10-13H2,1H3,(H,19,22). The van der Waals surface area contributed by atoms with Crippen LogP contribution < -0.4 is 5.32 Å². The first kappa shape index (κ1) is 19.1. The Hall–Kier alpha value is -2.28. The number of hydrogen-bond donors (Lipinski definition) is 2. The van der Waals surface area contributed by atoms with E-state index in [9.17, 15) is 14.7 Å². The zero-order chi connectivity index (χ0) is 18.1. The number of nitrogens with zero attached hydrogens (tertiary/aromatic N) is 1. The van der Waals surface area contributed by atoms with E-state index in [0.29, 0.717) is 26.0 Å². The van der Waals surface area contributed by atoms with E-state index < -0.39 is 24.5 Å². The number of rotatable bonds is 6. The van der Waals surface area contributed by atoms with E-state index in [2.05, 4.69) is 5.32 Å². The van der Waals surface area contributed by atoms with Crippen LogP contribution in [0.4, 0.5) is 9.59 Å². The summed E-state index contributed by atoms with van der Waals surface area (Å²) < 4.78 is 10.4. The van der Waals surface area contributed by atoms with Gasteiger partial charge in [-0.15, -0.1) is 0 Å². The fraction of sp³-hybridized carbons (Fsp3) is 0.556. The predicted octanol–water partition coefficient (Wildman–Crippen LogP) is 2.63. The van der Waals surface area contributed by atoms with Gasteiger partial charge in [0, 0.05) is 6.54 Å². The van der Waals surface area contributed by atoms with Crippen LogP contribution in [0.1, 0.15) is 38.2 Å². The molecule has 2 unspecified atom stereocenters. The first-order valence-corrected chi connectivity index (χ1v) is 8.70. The lowest BCUT2D eigenvalue weighted by molar-refractivity contribution is -0.00993. The number of nitrogens with one attached hydrogen (secondary N) is 1. The van der Waals surface area contributed by atoms with Crippen LogP contribution in [0.3, 0.4) is 0 Å². The Morgan fingerprint density at radius 3 is 2.76 bits per heavy atom. The third-order valence-electron chi connectivity index (χ3n) is 4.04. The first-order chi connectivity index (χ1) is 12.1. The molecule has 0 radical (unpaired) electrons. The topological polar surface area (TPSA) is 88.1 Å². The third-order valence-corrected chi connectivity index (χ3v) is 4.04. The molecule has 2 rings (SSSR count). The lowest BCUT2D eigenvalue weighted by Gasteiger charge is -2.38. The van der Waals surface area contributed by atoms with Crippen molar-refractivity contribution in [2.75, 3.05) is 13.2 Å². The van der Waals surface area contributed by atoms with E-state index in [4.69, 9.17) is 9.47 Å². The molecule has 25 heavy (non-hydrogen) atoms. The van der Waals surface area contributed by atoms with Gasteiger partial charge in [0.1, 0.15) is 12.8 Å². The molecular weight excluding hydrogens is 324 g/mol. The van der Waals surface area contributed by atoms with Gasteiger partial charge in [-0.05, 0) is 24.8 Å². The molecule has 0 saturated carbocycles. The molecule has 1 aliphatic heterocycles. The normalized spacial score (nSPS) is 20.0. The summed E-state index contributed by atoms with van der Waals surface area (Å²) in [7, 11) is 0. The average molecular weight is 350 g/mol. The number of unbranched alkanes of at least 4 members (excludes halogenated alkanes) is 1. The number of aliphatic hydroxyl groups excluding tert-OH is 1. The van der Waals surface area contributed by atoms with Crippen molar-refractivity contribution in [1.29, 1.82) is 0 Å². The van der Waals surface area contributed by atoms with Crippen molar-refractivity contribution in [3.63, 3.8) is 0 Å². The van der Waals surface area contributed by atoms with Gasteiger partial charge in [0.2, 0.25) is 0 Å². The van der Waals surface area contributed by atoms with Crippen molar-refractivity contribution in [3.8, 4) is 0 Å². The molecule has 0 aromatic heterocycles. The van der Waals surface area contributed by atoms with E-state index in [1.807, 2.05) is 37.3 Å². The number of carbonyl (C=O) groups excluding carboxylic acids is 2. The molecule has 138 valence electrons. The number of aliphatic hydroxyl groups is 1. The fourth-order valence-corrected chi connectivity index (χ4v) is 2.63. The Balaban J connectivity index is 1.90. The van der Waals surface area contributed by atoms with Crippen LogP contribution in [0, 0.1) is 0 Å². The van der Waals surface area contributed by atoms with Gasteiger partial charge in [0.25, 0.3) is 0 Å². The van der Waals surface area contributed by atoms with Crippen LogP contribution in [0.15, 0.2) is 30.3 Å². The highest BCUT2D eigenvalue weighted by atomic mass is 16.6. The minimum atomic E-state index is -0.850. The summed E-state index contributed by atoms with van der Waals surface area (Å²) in [6, 6.07) is 9.34. The van der Waals surface area contributed by atoms with Gasteiger partial charge < -0.3 is 14.6 Å². The van der Waals surface area contributed by atoms with Gasteiger partial charge in [-0.25, -0.2) is 9.59 Å². The third kappa shape index (κ3) is 5.94. The predicted molar refractivity (Wildman–Crippen MR) is 91.8 cm³/mol. The van der Waals surface area contributed by atoms with Crippen molar-refractivity contribution in [1.82, 2.24) is 10.2 Å². The fourth-order valence-electron chi connectivity index (χ4n) is 2.63. The molecule has 0 bridgehead atoms. The van der Waals surface area contributed by atoms with Crippen LogP contribution in [-0.2, 0) is 16.1 Å². The molecule has 0 aliphatic carbocycles. The van der Waals surface area contributed by atoms with E-state index in [1.165, 1.54) is 4.90 Å². The summed E-state index contributed by atoms with van der Waals surface area (Å²) in [5, 5.41) is 12.7. The highest BCUT2D eigenvalue weighted by Crippen LogP contribution is 2.18. The summed E-state index contributed by atoms with van der Waals surface area (Å²) in [5.74, 6) is 0. The highest BCUT2D eigenvalue weighted by Gasteiger charge is 2.35. The van der Waals surface area contributed by atoms with E-state index in [1.54, 1.807) is 0 Å². The maximum atomic E-state index is 12.4. The van der Waals surface area contributed by atoms with Crippen molar-refractivity contribution >= 4 is 12.2 Å². The molecule has 2 amide bonds. The zero-order valence-corrected chi connectivity index (χ0v) is 14.5. The lowest BCUT2D eigenvalue weighted by Crippen LogP contribution is -2.59. The van der Waals surface area contributed by atoms with E-state index in [0.717, 1.165) is 18.4 Å². The van der Waals surface area contributed by atoms with Crippen molar-refractivity contribution in [3.05, 3.63) is 35.9 Å². The number of hydrogen-bond acceptors (Lipinski definition) is 5. The second kappa shape index (κ2) is 9.88. The second-order valence-electron chi connectivity index (χ2n) is 6.02. The summed E-state index contributed by atoms with van der Waals surface area (Å²) in [6.07, 6.45) is -0.0713. The van der Waals surface area contributed by atoms with E-state index in [-0.39, 0.29) is 6.61 Å². The number of piperidine rings is 1. The smallest absolute Gasteiger partial charge is 0.411 e. The number of ether oxygens (including phenoxy) is 2. The quantitative estimate of drug-likeness (QED) is 0.770. The van der Waals surface area contributed by atoms with Gasteiger partial charge in [0.15, 0.2) is 0 Å². The van der Waals surface area contributed by atoms with Crippen LogP contribution in [-0.4, -0.2) is 47.6 Å². The molecule has 2 atom stereocenters. The molecule has 7 heteroatoms. The van der Waals surface area contributed by atoms with E-state index >= 15 is 0 Å². The van der Waals surface area contributed by atoms with Gasteiger partial charge in [-0.1, -0.05) is 43.7 Å². The minimum Gasteiger partial charge on any atom is -0.450 e. The van der Waals surface area contributed by atoms with Crippen LogP contribution in [0.5, 0.6) is 0 Å². The Kier molecular flexibility index (Phi) is 7.53. The maximum absolute atomic E-state index is 12.4. The molecular formula is C18H26N2O5. The molecule has 1 aromatic rings. The van der Waals surface area contributed by atoms with Gasteiger partial charge in [0.05, 0.1) is 12.7 Å². The summed E-state index contributed by atoms with van der Waals surface area (Å²) >= 11 is 0. The number of likely N-dealkylation sites (tertiary alicyclic amines) is 1. The second-order valence-corrected chi connectivity index (χ2v) is 6.02. The summed E-state index contributed by atoms with van der Waals surface area (Å²) in [6.45, 7) is 2.85. The van der Waals surface area contributed by atoms with Gasteiger partial charge in [-0.2, -0.15) is 0 Å². The van der Waals surface area contributed by atoms with Crippen molar-refractivity contribution in [2.45, 2.75) is 51.5 Å². The molecule has 7 nitrogen and oxygen atoms in total. The minimum absolute atomic E-state index is 0.139. The zero-order valence-electron chi connectivity index (χ0n) is 14.5. The number of amides is 2. The SMILES string of the molecule is CCCCOC(=O)NC1C(O)CCCN1C(=O)OCc1ccccc1. The van der Waals surface area contributed by atoms with Crippen molar-refractivity contribution < 1.29 is 24.2 Å². The Morgan fingerprint density at radius 2 is 2.04 bits per heavy atom. The number of alkyl carbamates (subject to hydrolysis) is 1. The molecule has 1 saturated heterocycles. The molecule has 1 aromatic carbocycles. The molecule has 1 aliphatic rings.